The molecule has 0 saturated carbocycles. The molecule has 3 aromatic rings. The first kappa shape index (κ1) is 21.0. The van der Waals surface area contributed by atoms with E-state index in [4.69, 9.17) is 11.6 Å². The van der Waals surface area contributed by atoms with Crippen LogP contribution in [0.4, 0.5) is 17.1 Å². The fourth-order valence-corrected chi connectivity index (χ4v) is 2.59. The maximum absolute atomic E-state index is 11.9. The molecule has 0 saturated heterocycles. The van der Waals surface area contributed by atoms with Gasteiger partial charge in [0.15, 0.2) is 0 Å². The van der Waals surface area contributed by atoms with E-state index in [1.165, 1.54) is 12.3 Å². The molecule has 0 spiro atoms. The van der Waals surface area contributed by atoms with Crippen molar-refractivity contribution in [3.63, 3.8) is 0 Å². The fourth-order valence-electron chi connectivity index (χ4n) is 2.42. The average Bonchev–Trinajstić information content (AvgIpc) is 2.74. The Bertz CT molecular complexity index is 1080. The number of hydrazone groups is 1. The Balaban J connectivity index is 1.58. The summed E-state index contributed by atoms with van der Waals surface area (Å²) >= 11 is 6.06. The average molecular weight is 422 g/mol. The maximum Gasteiger partial charge on any atom is 0.259 e. The van der Waals surface area contributed by atoms with E-state index in [9.17, 15) is 9.90 Å². The Morgan fingerprint density at radius 1 is 1.07 bits per heavy atom. The molecule has 0 radical (unpaired) electrons. The SMILES string of the molecule is Cc1ccc(NCC(=O)N/N=C\c2cc(N=Nc3ccccc3Cl)ccc2O)cc1. The molecule has 152 valence electrons. The number of nitrogens with one attached hydrogen (secondary N) is 2. The second-order valence-corrected chi connectivity index (χ2v) is 6.81. The van der Waals surface area contributed by atoms with Crippen molar-refractivity contribution in [1.29, 1.82) is 0 Å². The van der Waals surface area contributed by atoms with E-state index in [0.717, 1.165) is 11.3 Å². The molecule has 7 nitrogen and oxygen atoms in total. The third-order valence-electron chi connectivity index (χ3n) is 4.03. The standard InChI is InChI=1S/C22H20ClN5O2/c1-15-6-8-17(9-7-15)24-14-22(30)28-25-13-16-12-18(10-11-21(16)29)26-27-20-5-3-2-4-19(20)23/h2-13,24,29H,14H2,1H3,(H,28,30)/b25-13-,27-26?. The monoisotopic (exact) mass is 421 g/mol. The molecule has 8 heteroatoms. The molecule has 0 heterocycles. The highest BCUT2D eigenvalue weighted by molar-refractivity contribution is 6.32. The predicted molar refractivity (Wildman–Crippen MR) is 119 cm³/mol. The molecule has 3 rings (SSSR count). The van der Waals surface area contributed by atoms with Crippen molar-refractivity contribution < 1.29 is 9.90 Å². The van der Waals surface area contributed by atoms with Crippen LogP contribution in [0.1, 0.15) is 11.1 Å². The second-order valence-electron chi connectivity index (χ2n) is 6.41. The van der Waals surface area contributed by atoms with Crippen LogP contribution >= 0.6 is 11.6 Å². The van der Waals surface area contributed by atoms with E-state index in [1.807, 2.05) is 37.3 Å². The van der Waals surface area contributed by atoms with Crippen molar-refractivity contribution in [2.75, 3.05) is 11.9 Å². The van der Waals surface area contributed by atoms with Gasteiger partial charge >= 0.3 is 0 Å². The number of nitrogens with zero attached hydrogens (tertiary/aromatic N) is 3. The van der Waals surface area contributed by atoms with Gasteiger partial charge in [0, 0.05) is 11.3 Å². The molecule has 0 atom stereocenters. The molecule has 0 aliphatic heterocycles. The van der Waals surface area contributed by atoms with E-state index in [0.29, 0.717) is 22.0 Å². The molecular weight excluding hydrogens is 402 g/mol. The quantitative estimate of drug-likeness (QED) is 0.273. The van der Waals surface area contributed by atoms with Crippen molar-refractivity contribution in [2.24, 2.45) is 15.3 Å². The van der Waals surface area contributed by atoms with Crippen LogP contribution < -0.4 is 10.7 Å². The lowest BCUT2D eigenvalue weighted by molar-refractivity contribution is -0.119. The highest BCUT2D eigenvalue weighted by Crippen LogP contribution is 2.27. The van der Waals surface area contributed by atoms with Crippen molar-refractivity contribution in [2.45, 2.75) is 6.92 Å². The summed E-state index contributed by atoms with van der Waals surface area (Å²) in [6.07, 6.45) is 1.34. The lowest BCUT2D eigenvalue weighted by atomic mass is 10.2. The lowest BCUT2D eigenvalue weighted by Crippen LogP contribution is -2.25. The van der Waals surface area contributed by atoms with E-state index < -0.39 is 0 Å². The predicted octanol–water partition coefficient (Wildman–Crippen LogP) is 5.33. The zero-order valence-electron chi connectivity index (χ0n) is 16.2. The summed E-state index contributed by atoms with van der Waals surface area (Å²) in [4.78, 5) is 11.9. The van der Waals surface area contributed by atoms with Gasteiger partial charge in [0.25, 0.3) is 5.91 Å². The van der Waals surface area contributed by atoms with Crippen molar-refractivity contribution in [1.82, 2.24) is 5.43 Å². The highest BCUT2D eigenvalue weighted by atomic mass is 35.5. The Hall–Kier alpha value is -3.71. The van der Waals surface area contributed by atoms with Gasteiger partial charge in [-0.1, -0.05) is 41.4 Å². The van der Waals surface area contributed by atoms with Crippen LogP contribution in [0.15, 0.2) is 82.1 Å². The highest BCUT2D eigenvalue weighted by Gasteiger charge is 2.03. The number of anilines is 1. The molecule has 0 aromatic heterocycles. The summed E-state index contributed by atoms with van der Waals surface area (Å²) in [5.74, 6) is -0.316. The molecule has 30 heavy (non-hydrogen) atoms. The molecular formula is C22H20ClN5O2. The molecule has 1 amide bonds. The number of phenols is 1. The minimum absolute atomic E-state index is 0.00229. The first-order valence-electron chi connectivity index (χ1n) is 9.13. The van der Waals surface area contributed by atoms with Crippen LogP contribution in [0.25, 0.3) is 0 Å². The van der Waals surface area contributed by atoms with E-state index >= 15 is 0 Å². The van der Waals surface area contributed by atoms with Gasteiger partial charge in [-0.05, 0) is 49.4 Å². The Kier molecular flexibility index (Phi) is 7.13. The number of amides is 1. The van der Waals surface area contributed by atoms with Gasteiger partial charge in [-0.15, -0.1) is 5.11 Å². The third-order valence-corrected chi connectivity index (χ3v) is 4.35. The van der Waals surface area contributed by atoms with E-state index in [-0.39, 0.29) is 18.2 Å². The van der Waals surface area contributed by atoms with E-state index in [1.54, 1.807) is 30.3 Å². The Labute approximate surface area is 179 Å². The molecule has 0 fully saturated rings. The summed E-state index contributed by atoms with van der Waals surface area (Å²) in [7, 11) is 0. The van der Waals surface area contributed by atoms with Crippen molar-refractivity contribution in [3.8, 4) is 5.75 Å². The maximum atomic E-state index is 11.9. The molecule has 0 unspecified atom stereocenters. The number of phenolic OH excluding ortho intramolecular Hbond substituents is 1. The number of carbonyl (C=O) groups is 1. The van der Waals surface area contributed by atoms with Gasteiger partial charge < -0.3 is 10.4 Å². The Morgan fingerprint density at radius 3 is 2.60 bits per heavy atom. The number of rotatable bonds is 7. The molecule has 0 bridgehead atoms. The summed E-state index contributed by atoms with van der Waals surface area (Å²) < 4.78 is 0. The number of carbonyl (C=O) groups excluding carboxylic acids is 1. The topological polar surface area (TPSA) is 98.4 Å². The zero-order valence-corrected chi connectivity index (χ0v) is 17.0. The summed E-state index contributed by atoms with van der Waals surface area (Å²) in [5.41, 5.74) is 5.82. The molecule has 3 N–H and O–H groups in total. The molecule has 3 aromatic carbocycles. The van der Waals surface area contributed by atoms with Crippen LogP contribution in [0.2, 0.25) is 5.02 Å². The molecule has 0 aliphatic carbocycles. The van der Waals surface area contributed by atoms with Crippen LogP contribution in [0.3, 0.4) is 0 Å². The van der Waals surface area contributed by atoms with Gasteiger partial charge in [-0.25, -0.2) is 5.43 Å². The Morgan fingerprint density at radius 2 is 1.83 bits per heavy atom. The van der Waals surface area contributed by atoms with Crippen molar-refractivity contribution >= 4 is 40.8 Å². The summed E-state index contributed by atoms with van der Waals surface area (Å²) in [6.45, 7) is 2.06. The van der Waals surface area contributed by atoms with Crippen LogP contribution in [-0.4, -0.2) is 23.8 Å². The number of halogens is 1. The van der Waals surface area contributed by atoms with Gasteiger partial charge in [0.05, 0.1) is 23.5 Å². The number of aryl methyl sites for hydroxylation is 1. The van der Waals surface area contributed by atoms with Gasteiger partial charge in [-0.3, -0.25) is 4.79 Å². The summed E-state index contributed by atoms with van der Waals surface area (Å²) in [6, 6.07) is 19.5. The summed E-state index contributed by atoms with van der Waals surface area (Å²) in [5, 5.41) is 25.6. The number of hydrogen-bond acceptors (Lipinski definition) is 6. The number of aromatic hydroxyl groups is 1. The number of benzene rings is 3. The van der Waals surface area contributed by atoms with Gasteiger partial charge in [0.1, 0.15) is 11.4 Å². The minimum Gasteiger partial charge on any atom is -0.507 e. The minimum atomic E-state index is -0.319. The van der Waals surface area contributed by atoms with Crippen molar-refractivity contribution in [3.05, 3.63) is 82.9 Å². The van der Waals surface area contributed by atoms with Crippen LogP contribution in [0, 0.1) is 6.92 Å². The van der Waals surface area contributed by atoms with E-state index in [2.05, 4.69) is 26.1 Å². The first-order chi connectivity index (χ1) is 14.5. The smallest absolute Gasteiger partial charge is 0.259 e. The largest absolute Gasteiger partial charge is 0.507 e. The lowest BCUT2D eigenvalue weighted by Gasteiger charge is -2.05. The van der Waals surface area contributed by atoms with Gasteiger partial charge in [0.2, 0.25) is 0 Å². The van der Waals surface area contributed by atoms with Crippen LogP contribution in [-0.2, 0) is 4.79 Å². The normalized spacial score (nSPS) is 11.1. The van der Waals surface area contributed by atoms with Crippen LogP contribution in [0.5, 0.6) is 5.75 Å². The van der Waals surface area contributed by atoms with Gasteiger partial charge in [-0.2, -0.15) is 10.2 Å². The third kappa shape index (κ3) is 6.15. The first-order valence-corrected chi connectivity index (χ1v) is 9.51. The molecule has 0 aliphatic rings. The number of hydrogen-bond donors (Lipinski definition) is 3. The number of azo groups is 1. The second kappa shape index (κ2) is 10.2. The zero-order chi connectivity index (χ0) is 21.3. The fraction of sp³-hybridized carbons (Fsp3) is 0.0909.